The van der Waals surface area contributed by atoms with E-state index in [9.17, 15) is 0 Å². The zero-order chi connectivity index (χ0) is 10.9. The minimum absolute atomic E-state index is 1.03. The molecule has 2 heteroatoms. The SMILES string of the molecule is COc1ccccc1CCCCCCBr. The maximum atomic E-state index is 5.32. The predicted octanol–water partition coefficient (Wildman–Crippen LogP) is 4.19. The number of rotatable bonds is 7. The van der Waals surface area contributed by atoms with E-state index < -0.39 is 0 Å². The van der Waals surface area contributed by atoms with E-state index in [1.807, 2.05) is 12.1 Å². The smallest absolute Gasteiger partial charge is 0.122 e. The van der Waals surface area contributed by atoms with Crippen LogP contribution in [-0.2, 0) is 6.42 Å². The number of methoxy groups -OCH3 is 1. The van der Waals surface area contributed by atoms with E-state index in [-0.39, 0.29) is 0 Å². The van der Waals surface area contributed by atoms with Crippen LogP contribution in [-0.4, -0.2) is 12.4 Å². The summed E-state index contributed by atoms with van der Waals surface area (Å²) < 4.78 is 5.32. The summed E-state index contributed by atoms with van der Waals surface area (Å²) in [5.74, 6) is 1.03. The fourth-order valence-corrected chi connectivity index (χ4v) is 2.07. The van der Waals surface area contributed by atoms with E-state index in [2.05, 4.69) is 28.1 Å². The van der Waals surface area contributed by atoms with Gasteiger partial charge in [0.25, 0.3) is 0 Å². The van der Waals surface area contributed by atoms with E-state index in [4.69, 9.17) is 4.74 Å². The normalized spacial score (nSPS) is 10.3. The molecule has 1 aromatic rings. The molecular weight excluding hydrogens is 252 g/mol. The molecule has 0 N–H and O–H groups in total. The van der Waals surface area contributed by atoms with Gasteiger partial charge in [-0.2, -0.15) is 0 Å². The summed E-state index contributed by atoms with van der Waals surface area (Å²) in [4.78, 5) is 0. The number of hydrogen-bond donors (Lipinski definition) is 0. The summed E-state index contributed by atoms with van der Waals surface area (Å²) >= 11 is 3.45. The molecule has 15 heavy (non-hydrogen) atoms. The molecule has 0 radical (unpaired) electrons. The highest BCUT2D eigenvalue weighted by Gasteiger charge is 2.00. The van der Waals surface area contributed by atoms with Gasteiger partial charge in [-0.05, 0) is 30.9 Å². The molecule has 1 nitrogen and oxygen atoms in total. The first-order chi connectivity index (χ1) is 7.38. The second-order valence-electron chi connectivity index (χ2n) is 3.67. The summed E-state index contributed by atoms with van der Waals surface area (Å²) in [6.45, 7) is 0. The number of unbranched alkanes of at least 4 members (excludes halogenated alkanes) is 3. The van der Waals surface area contributed by atoms with Crippen molar-refractivity contribution in [2.75, 3.05) is 12.4 Å². The van der Waals surface area contributed by atoms with Gasteiger partial charge >= 0.3 is 0 Å². The molecule has 84 valence electrons. The Balaban J connectivity index is 2.30. The standard InChI is InChI=1S/C13H19BrO/c1-15-13-10-6-5-9-12(13)8-4-2-3-7-11-14/h5-6,9-10H,2-4,7-8,11H2,1H3. The molecule has 0 aliphatic carbocycles. The molecule has 0 aliphatic heterocycles. The van der Waals surface area contributed by atoms with Crippen LogP contribution >= 0.6 is 15.9 Å². The van der Waals surface area contributed by atoms with Crippen molar-refractivity contribution in [3.05, 3.63) is 29.8 Å². The van der Waals surface area contributed by atoms with Crippen molar-refractivity contribution in [3.8, 4) is 5.75 Å². The van der Waals surface area contributed by atoms with Gasteiger partial charge in [0.1, 0.15) is 5.75 Å². The van der Waals surface area contributed by atoms with Crippen molar-refractivity contribution in [2.24, 2.45) is 0 Å². The number of alkyl halides is 1. The van der Waals surface area contributed by atoms with Crippen molar-refractivity contribution in [3.63, 3.8) is 0 Å². The summed E-state index contributed by atoms with van der Waals surface area (Å²) in [5, 5.41) is 1.13. The minimum atomic E-state index is 1.03. The average molecular weight is 271 g/mol. The Bertz CT molecular complexity index is 273. The zero-order valence-corrected chi connectivity index (χ0v) is 10.9. The van der Waals surface area contributed by atoms with Crippen molar-refractivity contribution in [1.82, 2.24) is 0 Å². The second-order valence-corrected chi connectivity index (χ2v) is 4.46. The van der Waals surface area contributed by atoms with Crippen molar-refractivity contribution < 1.29 is 4.74 Å². The monoisotopic (exact) mass is 270 g/mol. The molecule has 0 saturated carbocycles. The molecule has 0 heterocycles. The van der Waals surface area contributed by atoms with E-state index in [0.717, 1.165) is 17.5 Å². The number of hydrogen-bond acceptors (Lipinski definition) is 1. The zero-order valence-electron chi connectivity index (χ0n) is 9.34. The average Bonchev–Trinajstić information content (AvgIpc) is 2.29. The molecule has 0 bridgehead atoms. The van der Waals surface area contributed by atoms with Gasteiger partial charge in [0.05, 0.1) is 7.11 Å². The largest absolute Gasteiger partial charge is 0.496 e. The number of benzene rings is 1. The number of para-hydroxylation sites is 1. The van der Waals surface area contributed by atoms with Gasteiger partial charge in [-0.3, -0.25) is 0 Å². The first-order valence-electron chi connectivity index (χ1n) is 5.56. The molecule has 1 rings (SSSR count). The van der Waals surface area contributed by atoms with Gasteiger partial charge in [-0.25, -0.2) is 0 Å². The Labute approximate surface area is 101 Å². The first kappa shape index (κ1) is 12.6. The summed E-state index contributed by atoms with van der Waals surface area (Å²) in [5.41, 5.74) is 1.33. The lowest BCUT2D eigenvalue weighted by atomic mass is 10.1. The molecule has 0 spiro atoms. The molecule has 0 fully saturated rings. The fraction of sp³-hybridized carbons (Fsp3) is 0.538. The van der Waals surface area contributed by atoms with E-state index in [0.29, 0.717) is 0 Å². The highest BCUT2D eigenvalue weighted by Crippen LogP contribution is 2.19. The third-order valence-corrected chi connectivity index (χ3v) is 3.08. The minimum Gasteiger partial charge on any atom is -0.496 e. The molecule has 0 amide bonds. The van der Waals surface area contributed by atoms with Crippen molar-refractivity contribution in [2.45, 2.75) is 32.1 Å². The Morgan fingerprint density at radius 2 is 1.80 bits per heavy atom. The first-order valence-corrected chi connectivity index (χ1v) is 6.68. The van der Waals surface area contributed by atoms with Crippen LogP contribution < -0.4 is 4.74 Å². The van der Waals surface area contributed by atoms with E-state index >= 15 is 0 Å². The lowest BCUT2D eigenvalue weighted by Gasteiger charge is -2.07. The molecule has 1 aromatic carbocycles. The Kier molecular flexibility index (Phi) is 6.49. The maximum Gasteiger partial charge on any atom is 0.122 e. The van der Waals surface area contributed by atoms with E-state index in [1.165, 1.54) is 31.2 Å². The number of aryl methyl sites for hydroxylation is 1. The molecule has 0 atom stereocenters. The van der Waals surface area contributed by atoms with Gasteiger partial charge in [-0.1, -0.05) is 47.0 Å². The highest BCUT2D eigenvalue weighted by atomic mass is 79.9. The van der Waals surface area contributed by atoms with Crippen molar-refractivity contribution >= 4 is 15.9 Å². The van der Waals surface area contributed by atoms with Gasteiger partial charge in [0, 0.05) is 5.33 Å². The molecule has 0 aromatic heterocycles. The highest BCUT2D eigenvalue weighted by molar-refractivity contribution is 9.09. The van der Waals surface area contributed by atoms with Crippen LogP contribution in [0.25, 0.3) is 0 Å². The number of ether oxygens (including phenoxy) is 1. The Morgan fingerprint density at radius 1 is 1.07 bits per heavy atom. The van der Waals surface area contributed by atoms with Crippen LogP contribution in [0.2, 0.25) is 0 Å². The predicted molar refractivity (Wildman–Crippen MR) is 69.0 cm³/mol. The van der Waals surface area contributed by atoms with Gasteiger partial charge in [0.15, 0.2) is 0 Å². The lowest BCUT2D eigenvalue weighted by Crippen LogP contribution is -1.92. The van der Waals surface area contributed by atoms with E-state index in [1.54, 1.807) is 7.11 Å². The van der Waals surface area contributed by atoms with Crippen molar-refractivity contribution in [1.29, 1.82) is 0 Å². The summed E-state index contributed by atoms with van der Waals surface area (Å²) in [7, 11) is 1.74. The van der Waals surface area contributed by atoms with Crippen LogP contribution in [0, 0.1) is 0 Å². The van der Waals surface area contributed by atoms with Gasteiger partial charge < -0.3 is 4.74 Å². The van der Waals surface area contributed by atoms with Crippen LogP contribution in [0.3, 0.4) is 0 Å². The lowest BCUT2D eigenvalue weighted by molar-refractivity contribution is 0.409. The molecular formula is C13H19BrO. The van der Waals surface area contributed by atoms with Gasteiger partial charge in [0.2, 0.25) is 0 Å². The van der Waals surface area contributed by atoms with Crippen LogP contribution in [0.5, 0.6) is 5.75 Å². The third kappa shape index (κ3) is 4.70. The molecule has 0 unspecified atom stereocenters. The summed E-state index contributed by atoms with van der Waals surface area (Å²) in [6.07, 6.45) is 6.30. The number of halogens is 1. The van der Waals surface area contributed by atoms with Gasteiger partial charge in [-0.15, -0.1) is 0 Å². The second kappa shape index (κ2) is 7.75. The topological polar surface area (TPSA) is 9.23 Å². The summed E-state index contributed by atoms with van der Waals surface area (Å²) in [6, 6.07) is 8.29. The molecule has 0 aliphatic rings. The third-order valence-electron chi connectivity index (χ3n) is 2.52. The fourth-order valence-electron chi connectivity index (χ4n) is 1.67. The van der Waals surface area contributed by atoms with Crippen LogP contribution in [0.4, 0.5) is 0 Å². The van der Waals surface area contributed by atoms with Crippen LogP contribution in [0.1, 0.15) is 31.2 Å². The maximum absolute atomic E-state index is 5.32. The Hall–Kier alpha value is -0.500. The quantitative estimate of drug-likeness (QED) is 0.533. The van der Waals surface area contributed by atoms with Crippen LogP contribution in [0.15, 0.2) is 24.3 Å². The molecule has 0 saturated heterocycles. The Morgan fingerprint density at radius 3 is 2.53 bits per heavy atom.